The largest absolute Gasteiger partial charge is 0.305 e. The second kappa shape index (κ2) is 8.83. The SMILES string of the molecule is C#CCn1c(=NC(=O)C2CCCN2S(=O)(=O)c2ccc(Cl)cc2)sc2cc(C)c(C)cc21. The van der Waals surface area contributed by atoms with Crippen LogP contribution in [0.15, 0.2) is 46.3 Å². The monoisotopic (exact) mass is 487 g/mol. The molecule has 4 rings (SSSR count). The number of thiazole rings is 1. The van der Waals surface area contributed by atoms with Crippen LogP contribution in [-0.2, 0) is 21.4 Å². The van der Waals surface area contributed by atoms with Gasteiger partial charge in [0, 0.05) is 11.6 Å². The molecule has 0 aliphatic carbocycles. The molecule has 1 saturated heterocycles. The van der Waals surface area contributed by atoms with E-state index in [1.54, 1.807) is 0 Å². The molecular formula is C23H22ClN3O3S2. The summed E-state index contributed by atoms with van der Waals surface area (Å²) in [5.74, 6) is 2.14. The average molecular weight is 488 g/mol. The van der Waals surface area contributed by atoms with Crippen molar-refractivity contribution in [3.63, 3.8) is 0 Å². The second-order valence-electron chi connectivity index (χ2n) is 7.76. The molecule has 1 amide bonds. The van der Waals surface area contributed by atoms with Crippen molar-refractivity contribution in [1.82, 2.24) is 8.87 Å². The van der Waals surface area contributed by atoms with Crippen molar-refractivity contribution in [1.29, 1.82) is 0 Å². The Kier molecular flexibility index (Phi) is 6.28. The standard InChI is InChI=1S/C23H22ClN3O3S2/c1-4-11-26-20-13-15(2)16(3)14-21(20)31-23(26)25-22(28)19-6-5-12-27(19)32(29,30)18-9-7-17(24)8-10-18/h1,7-10,13-14,19H,5-6,11-12H2,2-3H3. The molecule has 1 unspecified atom stereocenters. The number of benzene rings is 2. The van der Waals surface area contributed by atoms with E-state index in [2.05, 4.69) is 17.0 Å². The summed E-state index contributed by atoms with van der Waals surface area (Å²) >= 11 is 7.27. The molecule has 1 aromatic heterocycles. The van der Waals surface area contributed by atoms with Crippen LogP contribution in [0.3, 0.4) is 0 Å². The van der Waals surface area contributed by atoms with Gasteiger partial charge in [0.1, 0.15) is 6.04 Å². The molecule has 0 bridgehead atoms. The predicted octanol–water partition coefficient (Wildman–Crippen LogP) is 3.89. The van der Waals surface area contributed by atoms with Crippen molar-refractivity contribution in [2.45, 2.75) is 44.2 Å². The summed E-state index contributed by atoms with van der Waals surface area (Å²) in [4.78, 5) is 18.1. The van der Waals surface area contributed by atoms with Crippen molar-refractivity contribution in [3.8, 4) is 12.3 Å². The molecule has 1 aliphatic heterocycles. The van der Waals surface area contributed by atoms with E-state index in [4.69, 9.17) is 18.0 Å². The number of terminal acetylenes is 1. The molecule has 9 heteroatoms. The minimum Gasteiger partial charge on any atom is -0.305 e. The maximum absolute atomic E-state index is 13.2. The van der Waals surface area contributed by atoms with Gasteiger partial charge in [0.2, 0.25) is 10.0 Å². The Morgan fingerprint density at radius 3 is 2.62 bits per heavy atom. The maximum Gasteiger partial charge on any atom is 0.266 e. The molecule has 166 valence electrons. The number of hydrogen-bond donors (Lipinski definition) is 0. The number of nitrogens with zero attached hydrogens (tertiary/aromatic N) is 3. The van der Waals surface area contributed by atoms with Crippen molar-refractivity contribution in [2.75, 3.05) is 6.54 Å². The maximum atomic E-state index is 13.2. The summed E-state index contributed by atoms with van der Waals surface area (Å²) in [6, 6.07) is 9.20. The van der Waals surface area contributed by atoms with E-state index in [1.807, 2.05) is 24.5 Å². The quantitative estimate of drug-likeness (QED) is 0.524. The number of halogens is 1. The number of amides is 1. The number of hydrogen-bond acceptors (Lipinski definition) is 4. The lowest BCUT2D eigenvalue weighted by atomic mass is 10.1. The highest BCUT2D eigenvalue weighted by Gasteiger charge is 2.39. The highest BCUT2D eigenvalue weighted by molar-refractivity contribution is 7.89. The van der Waals surface area contributed by atoms with Gasteiger partial charge < -0.3 is 4.57 Å². The zero-order chi connectivity index (χ0) is 23.0. The molecule has 1 aliphatic rings. The highest BCUT2D eigenvalue weighted by atomic mass is 35.5. The first-order valence-corrected chi connectivity index (χ1v) is 12.8. The zero-order valence-electron chi connectivity index (χ0n) is 17.7. The molecule has 0 spiro atoms. The summed E-state index contributed by atoms with van der Waals surface area (Å²) in [5, 5.41) is 0.446. The third-order valence-electron chi connectivity index (χ3n) is 5.66. The number of rotatable bonds is 4. The van der Waals surface area contributed by atoms with Crippen molar-refractivity contribution in [3.05, 3.63) is 57.3 Å². The molecular weight excluding hydrogens is 466 g/mol. The molecule has 0 radical (unpaired) electrons. The van der Waals surface area contributed by atoms with Crippen LogP contribution in [0.5, 0.6) is 0 Å². The number of aryl methyl sites for hydroxylation is 2. The summed E-state index contributed by atoms with van der Waals surface area (Å²) in [6.07, 6.45) is 6.58. The van der Waals surface area contributed by atoms with Gasteiger partial charge in [-0.05, 0) is 74.2 Å². The zero-order valence-corrected chi connectivity index (χ0v) is 20.1. The first-order valence-electron chi connectivity index (χ1n) is 10.1. The van der Waals surface area contributed by atoms with E-state index in [9.17, 15) is 13.2 Å². The van der Waals surface area contributed by atoms with Crippen LogP contribution in [0.4, 0.5) is 0 Å². The van der Waals surface area contributed by atoms with Crippen molar-refractivity contribution in [2.24, 2.45) is 4.99 Å². The van der Waals surface area contributed by atoms with Gasteiger partial charge in [-0.1, -0.05) is 28.9 Å². The number of aromatic nitrogens is 1. The Morgan fingerprint density at radius 1 is 1.25 bits per heavy atom. The van der Waals surface area contributed by atoms with Crippen LogP contribution in [0.25, 0.3) is 10.2 Å². The van der Waals surface area contributed by atoms with E-state index in [-0.39, 0.29) is 18.0 Å². The van der Waals surface area contributed by atoms with Gasteiger partial charge in [0.15, 0.2) is 4.80 Å². The molecule has 2 heterocycles. The van der Waals surface area contributed by atoms with Crippen LogP contribution < -0.4 is 4.80 Å². The van der Waals surface area contributed by atoms with Gasteiger partial charge in [0.05, 0.1) is 21.7 Å². The Balaban J connectivity index is 1.74. The fraction of sp³-hybridized carbons (Fsp3) is 0.304. The Morgan fingerprint density at radius 2 is 1.94 bits per heavy atom. The molecule has 0 saturated carbocycles. The molecule has 1 atom stereocenters. The van der Waals surface area contributed by atoms with Crippen molar-refractivity contribution >= 4 is 49.1 Å². The van der Waals surface area contributed by atoms with Crippen molar-refractivity contribution < 1.29 is 13.2 Å². The summed E-state index contributed by atoms with van der Waals surface area (Å²) in [7, 11) is -3.84. The number of sulfonamides is 1. The topological polar surface area (TPSA) is 71.7 Å². The van der Waals surface area contributed by atoms with Crippen LogP contribution in [0.1, 0.15) is 24.0 Å². The van der Waals surface area contributed by atoms with E-state index >= 15 is 0 Å². The lowest BCUT2D eigenvalue weighted by Gasteiger charge is -2.21. The Bertz CT molecular complexity index is 1410. The molecule has 1 fully saturated rings. The van der Waals surface area contributed by atoms with E-state index in [0.29, 0.717) is 22.7 Å². The van der Waals surface area contributed by atoms with E-state index in [1.165, 1.54) is 39.9 Å². The third-order valence-corrected chi connectivity index (χ3v) is 8.88. The lowest BCUT2D eigenvalue weighted by Crippen LogP contribution is -2.40. The van der Waals surface area contributed by atoms with E-state index < -0.39 is 22.0 Å². The molecule has 6 nitrogen and oxygen atoms in total. The number of carbonyl (C=O) groups is 1. The minimum atomic E-state index is -3.84. The summed E-state index contributed by atoms with van der Waals surface area (Å²) < 4.78 is 30.4. The van der Waals surface area contributed by atoms with E-state index in [0.717, 1.165) is 21.3 Å². The van der Waals surface area contributed by atoms with Gasteiger partial charge in [0.25, 0.3) is 5.91 Å². The first-order chi connectivity index (χ1) is 15.2. The third kappa shape index (κ3) is 4.14. The normalized spacial score (nSPS) is 17.7. The number of fused-ring (bicyclic) bond motifs is 1. The van der Waals surface area contributed by atoms with Gasteiger partial charge in [-0.15, -0.1) is 6.42 Å². The van der Waals surface area contributed by atoms with Gasteiger partial charge >= 0.3 is 0 Å². The Labute approximate surface area is 196 Å². The smallest absolute Gasteiger partial charge is 0.266 e. The lowest BCUT2D eigenvalue weighted by molar-refractivity contribution is -0.121. The summed E-state index contributed by atoms with van der Waals surface area (Å²) in [5.41, 5.74) is 3.18. The van der Waals surface area contributed by atoms with Gasteiger partial charge in [-0.2, -0.15) is 9.30 Å². The van der Waals surface area contributed by atoms with Gasteiger partial charge in [-0.3, -0.25) is 4.79 Å². The number of carbonyl (C=O) groups excluding carboxylic acids is 1. The minimum absolute atomic E-state index is 0.108. The first kappa shape index (κ1) is 22.7. The molecule has 2 aromatic carbocycles. The fourth-order valence-corrected chi connectivity index (χ4v) is 6.73. The molecule has 0 N–H and O–H groups in total. The fourth-order valence-electron chi connectivity index (χ4n) is 3.84. The average Bonchev–Trinajstić information content (AvgIpc) is 3.36. The predicted molar refractivity (Wildman–Crippen MR) is 127 cm³/mol. The van der Waals surface area contributed by atoms with Crippen LogP contribution in [0, 0.1) is 26.2 Å². The summed E-state index contributed by atoms with van der Waals surface area (Å²) in [6.45, 7) is 4.59. The van der Waals surface area contributed by atoms with Crippen LogP contribution in [-0.4, -0.2) is 35.8 Å². The van der Waals surface area contributed by atoms with Crippen LogP contribution >= 0.6 is 22.9 Å². The second-order valence-corrected chi connectivity index (χ2v) is 11.1. The van der Waals surface area contributed by atoms with Gasteiger partial charge in [-0.25, -0.2) is 8.42 Å². The molecule has 32 heavy (non-hydrogen) atoms. The highest BCUT2D eigenvalue weighted by Crippen LogP contribution is 2.28. The molecule has 3 aromatic rings. The van der Waals surface area contributed by atoms with Crippen LogP contribution in [0.2, 0.25) is 5.02 Å². The Hall–Kier alpha value is -2.44.